The first kappa shape index (κ1) is 13.9. The largest absolute Gasteiger partial charge is 0.310 e. The molecule has 0 spiro atoms. The minimum atomic E-state index is 0.327. The second kappa shape index (κ2) is 7.21. The molecule has 0 bridgehead atoms. The zero-order valence-electron chi connectivity index (χ0n) is 10.2. The van der Waals surface area contributed by atoms with Crippen LogP contribution in [0.25, 0.3) is 0 Å². The van der Waals surface area contributed by atoms with E-state index in [9.17, 15) is 0 Å². The molecule has 0 aliphatic heterocycles. The van der Waals surface area contributed by atoms with Gasteiger partial charge in [0.1, 0.15) is 0 Å². The van der Waals surface area contributed by atoms with Crippen molar-refractivity contribution in [2.45, 2.75) is 38.1 Å². The van der Waals surface area contributed by atoms with Crippen molar-refractivity contribution in [1.29, 1.82) is 0 Å². The third-order valence-corrected chi connectivity index (χ3v) is 3.65. The van der Waals surface area contributed by atoms with Crippen molar-refractivity contribution in [1.82, 2.24) is 5.32 Å². The molecular formula is C13H20ClNS. The highest BCUT2D eigenvalue weighted by Crippen LogP contribution is 2.28. The molecule has 1 aromatic rings. The molecule has 0 aliphatic carbocycles. The topological polar surface area (TPSA) is 12.0 Å². The Bertz CT molecular complexity index is 328. The fourth-order valence-corrected chi connectivity index (χ4v) is 2.69. The van der Waals surface area contributed by atoms with Crippen LogP contribution in [0.5, 0.6) is 0 Å². The standard InChI is InChI=1S/C13H20ClNS/c1-4-8-15-10(3)12-7-6-11(16-5-2)9-13(12)14/h6-7,9-10,15H,4-5,8H2,1-3H3. The van der Waals surface area contributed by atoms with Gasteiger partial charge >= 0.3 is 0 Å². The molecule has 1 unspecified atom stereocenters. The molecule has 0 fully saturated rings. The minimum absolute atomic E-state index is 0.327. The second-order valence-corrected chi connectivity index (χ2v) is 5.54. The number of hydrogen-bond donors (Lipinski definition) is 1. The second-order valence-electron chi connectivity index (χ2n) is 3.79. The summed E-state index contributed by atoms with van der Waals surface area (Å²) in [4.78, 5) is 1.25. The maximum absolute atomic E-state index is 6.29. The lowest BCUT2D eigenvalue weighted by atomic mass is 10.1. The molecule has 16 heavy (non-hydrogen) atoms. The fourth-order valence-electron chi connectivity index (χ4n) is 1.59. The third-order valence-electron chi connectivity index (χ3n) is 2.45. The molecule has 1 atom stereocenters. The van der Waals surface area contributed by atoms with Crippen LogP contribution in [0, 0.1) is 0 Å². The molecule has 0 heterocycles. The lowest BCUT2D eigenvalue weighted by molar-refractivity contribution is 0.570. The van der Waals surface area contributed by atoms with E-state index in [1.807, 2.05) is 11.8 Å². The van der Waals surface area contributed by atoms with Crippen molar-refractivity contribution in [2.75, 3.05) is 12.3 Å². The Morgan fingerprint density at radius 1 is 1.38 bits per heavy atom. The molecule has 0 aliphatic rings. The number of benzene rings is 1. The molecule has 0 saturated heterocycles. The lowest BCUT2D eigenvalue weighted by Crippen LogP contribution is -2.19. The number of rotatable bonds is 6. The summed E-state index contributed by atoms with van der Waals surface area (Å²) in [5, 5.41) is 4.32. The maximum atomic E-state index is 6.29. The van der Waals surface area contributed by atoms with Crippen LogP contribution in [0.4, 0.5) is 0 Å². The quantitative estimate of drug-likeness (QED) is 0.753. The minimum Gasteiger partial charge on any atom is -0.310 e. The van der Waals surface area contributed by atoms with Crippen molar-refractivity contribution in [2.24, 2.45) is 0 Å². The molecule has 0 saturated carbocycles. The number of thioether (sulfide) groups is 1. The van der Waals surface area contributed by atoms with Crippen molar-refractivity contribution in [3.8, 4) is 0 Å². The maximum Gasteiger partial charge on any atom is 0.0464 e. The Balaban J connectivity index is 2.73. The number of hydrogen-bond acceptors (Lipinski definition) is 2. The summed E-state index contributed by atoms with van der Waals surface area (Å²) in [6.07, 6.45) is 1.14. The highest BCUT2D eigenvalue weighted by molar-refractivity contribution is 7.99. The first-order chi connectivity index (χ1) is 7.69. The van der Waals surface area contributed by atoms with Crippen molar-refractivity contribution in [3.63, 3.8) is 0 Å². The predicted molar refractivity (Wildman–Crippen MR) is 74.6 cm³/mol. The van der Waals surface area contributed by atoms with E-state index in [0.717, 1.165) is 23.7 Å². The normalized spacial score (nSPS) is 12.8. The SMILES string of the molecule is CCCNC(C)c1ccc(SCC)cc1Cl. The Hall–Kier alpha value is -0.180. The Kier molecular flexibility index (Phi) is 6.25. The zero-order chi connectivity index (χ0) is 12.0. The van der Waals surface area contributed by atoms with Crippen LogP contribution in [0.1, 0.15) is 38.8 Å². The highest BCUT2D eigenvalue weighted by Gasteiger charge is 2.09. The first-order valence-corrected chi connectivity index (χ1v) is 7.21. The van der Waals surface area contributed by atoms with Gasteiger partial charge in [-0.15, -0.1) is 11.8 Å². The zero-order valence-corrected chi connectivity index (χ0v) is 11.8. The Labute approximate surface area is 108 Å². The third kappa shape index (κ3) is 4.00. The van der Waals surface area contributed by atoms with Gasteiger partial charge in [0.05, 0.1) is 0 Å². The van der Waals surface area contributed by atoms with E-state index >= 15 is 0 Å². The summed E-state index contributed by atoms with van der Waals surface area (Å²) < 4.78 is 0. The van der Waals surface area contributed by atoms with Gasteiger partial charge in [-0.05, 0) is 43.3 Å². The molecule has 3 heteroatoms. The van der Waals surface area contributed by atoms with Crippen LogP contribution in [0.2, 0.25) is 5.02 Å². The fraction of sp³-hybridized carbons (Fsp3) is 0.538. The molecular weight excluding hydrogens is 238 g/mol. The van der Waals surface area contributed by atoms with Crippen LogP contribution < -0.4 is 5.32 Å². The van der Waals surface area contributed by atoms with Gasteiger partial charge in [-0.25, -0.2) is 0 Å². The van der Waals surface area contributed by atoms with Crippen LogP contribution in [-0.4, -0.2) is 12.3 Å². The first-order valence-electron chi connectivity index (χ1n) is 5.84. The molecule has 1 N–H and O–H groups in total. The van der Waals surface area contributed by atoms with E-state index < -0.39 is 0 Å². The van der Waals surface area contributed by atoms with Crippen LogP contribution >= 0.6 is 23.4 Å². The van der Waals surface area contributed by atoms with Gasteiger partial charge in [0.25, 0.3) is 0 Å². The van der Waals surface area contributed by atoms with E-state index in [0.29, 0.717) is 6.04 Å². The van der Waals surface area contributed by atoms with Crippen LogP contribution in [-0.2, 0) is 0 Å². The van der Waals surface area contributed by atoms with E-state index in [-0.39, 0.29) is 0 Å². The Morgan fingerprint density at radius 3 is 2.69 bits per heavy atom. The summed E-state index contributed by atoms with van der Waals surface area (Å²) in [5.74, 6) is 1.08. The molecule has 0 radical (unpaired) electrons. The van der Waals surface area contributed by atoms with Gasteiger partial charge < -0.3 is 5.32 Å². The van der Waals surface area contributed by atoms with Gasteiger partial charge in [0, 0.05) is 16.0 Å². The average molecular weight is 258 g/mol. The molecule has 1 nitrogen and oxygen atoms in total. The van der Waals surface area contributed by atoms with Gasteiger partial charge in [-0.2, -0.15) is 0 Å². The summed E-state index contributed by atoms with van der Waals surface area (Å²) in [6, 6.07) is 6.68. The van der Waals surface area contributed by atoms with E-state index in [1.54, 1.807) is 0 Å². The number of nitrogens with one attached hydrogen (secondary N) is 1. The van der Waals surface area contributed by atoms with Crippen molar-refractivity contribution >= 4 is 23.4 Å². The summed E-state index contributed by atoms with van der Waals surface area (Å²) in [5.41, 5.74) is 1.19. The predicted octanol–water partition coefficient (Wildman–Crippen LogP) is 4.51. The number of halogens is 1. The molecule has 1 aromatic carbocycles. The van der Waals surface area contributed by atoms with Crippen molar-refractivity contribution in [3.05, 3.63) is 28.8 Å². The van der Waals surface area contributed by atoms with Gasteiger partial charge in [-0.1, -0.05) is 31.5 Å². The summed E-state index contributed by atoms with van der Waals surface area (Å²) >= 11 is 8.11. The van der Waals surface area contributed by atoms with Gasteiger partial charge in [0.15, 0.2) is 0 Å². The van der Waals surface area contributed by atoms with Gasteiger partial charge in [0.2, 0.25) is 0 Å². The van der Waals surface area contributed by atoms with Crippen LogP contribution in [0.15, 0.2) is 23.1 Å². The average Bonchev–Trinajstić information content (AvgIpc) is 2.26. The molecule has 0 amide bonds. The molecule has 1 rings (SSSR count). The van der Waals surface area contributed by atoms with Gasteiger partial charge in [-0.3, -0.25) is 0 Å². The Morgan fingerprint density at radius 2 is 2.12 bits per heavy atom. The molecule has 0 aromatic heterocycles. The van der Waals surface area contributed by atoms with E-state index in [1.165, 1.54) is 10.5 Å². The highest BCUT2D eigenvalue weighted by atomic mass is 35.5. The van der Waals surface area contributed by atoms with E-state index in [4.69, 9.17) is 11.6 Å². The van der Waals surface area contributed by atoms with Crippen LogP contribution in [0.3, 0.4) is 0 Å². The summed E-state index contributed by atoms with van der Waals surface area (Å²) in [7, 11) is 0. The lowest BCUT2D eigenvalue weighted by Gasteiger charge is -2.15. The summed E-state index contributed by atoms with van der Waals surface area (Å²) in [6.45, 7) is 7.51. The smallest absolute Gasteiger partial charge is 0.0464 e. The van der Waals surface area contributed by atoms with E-state index in [2.05, 4.69) is 44.3 Å². The monoisotopic (exact) mass is 257 g/mol. The van der Waals surface area contributed by atoms with Crippen molar-refractivity contribution < 1.29 is 0 Å². The molecule has 90 valence electrons.